The molecule has 7 nitrogen and oxygen atoms in total. The smallest absolute Gasteiger partial charge is 0.266 e. The first kappa shape index (κ1) is 16.4. The molecule has 0 atom stereocenters. The van der Waals surface area contributed by atoms with E-state index in [4.69, 9.17) is 8.83 Å². The Hall–Kier alpha value is -3.11. The number of nitriles is 1. The van der Waals surface area contributed by atoms with Crippen molar-refractivity contribution in [3.8, 4) is 17.7 Å². The second-order valence-corrected chi connectivity index (χ2v) is 6.20. The second-order valence-electron chi connectivity index (χ2n) is 6.20. The van der Waals surface area contributed by atoms with E-state index in [-0.39, 0.29) is 0 Å². The zero-order valence-corrected chi connectivity index (χ0v) is 14.3. The molecule has 3 aromatic heterocycles. The van der Waals surface area contributed by atoms with Crippen LogP contribution in [0.1, 0.15) is 11.3 Å². The van der Waals surface area contributed by atoms with Gasteiger partial charge in [-0.2, -0.15) is 10.2 Å². The summed E-state index contributed by atoms with van der Waals surface area (Å²) in [6.45, 7) is 4.46. The summed E-state index contributed by atoms with van der Waals surface area (Å²) in [4.78, 5) is 12.8. The summed E-state index contributed by atoms with van der Waals surface area (Å²) in [5.41, 5.74) is 1.61. The van der Waals surface area contributed by atoms with Crippen LogP contribution in [0.2, 0.25) is 0 Å². The van der Waals surface area contributed by atoms with E-state index in [1.54, 1.807) is 18.4 Å². The zero-order valence-electron chi connectivity index (χ0n) is 14.3. The van der Waals surface area contributed by atoms with Crippen LogP contribution in [0.15, 0.2) is 51.8 Å². The monoisotopic (exact) mass is 349 g/mol. The van der Waals surface area contributed by atoms with Crippen molar-refractivity contribution >= 4 is 5.88 Å². The van der Waals surface area contributed by atoms with Gasteiger partial charge in [-0.1, -0.05) is 0 Å². The van der Waals surface area contributed by atoms with E-state index in [1.165, 1.54) is 5.56 Å². The molecule has 0 N–H and O–H groups in total. The minimum atomic E-state index is 0.307. The molecule has 1 aliphatic heterocycles. The first-order valence-electron chi connectivity index (χ1n) is 8.64. The highest BCUT2D eigenvalue weighted by molar-refractivity contribution is 5.55. The Morgan fingerprint density at radius 1 is 1.12 bits per heavy atom. The quantitative estimate of drug-likeness (QED) is 0.700. The van der Waals surface area contributed by atoms with E-state index in [1.807, 2.05) is 12.4 Å². The first-order chi connectivity index (χ1) is 12.8. The van der Waals surface area contributed by atoms with Gasteiger partial charge in [0.05, 0.1) is 6.26 Å². The standard InChI is InChI=1S/C19H19N5O2/c20-14-16-19(26-18(22-16)17-2-1-13-25-17)24-11-9-23(10-12-24)8-5-15-3-6-21-7-4-15/h1-4,6-7,13H,5,8-12H2. The van der Waals surface area contributed by atoms with E-state index >= 15 is 0 Å². The Labute approximate surface area is 151 Å². The van der Waals surface area contributed by atoms with Crippen molar-refractivity contribution in [3.63, 3.8) is 0 Å². The van der Waals surface area contributed by atoms with Crippen LogP contribution >= 0.6 is 0 Å². The average molecular weight is 349 g/mol. The molecule has 0 amide bonds. The second kappa shape index (κ2) is 7.42. The van der Waals surface area contributed by atoms with E-state index < -0.39 is 0 Å². The number of nitrogens with zero attached hydrogens (tertiary/aromatic N) is 5. The Morgan fingerprint density at radius 2 is 1.92 bits per heavy atom. The number of oxazole rings is 1. The Balaban J connectivity index is 1.38. The summed E-state index contributed by atoms with van der Waals surface area (Å²) in [6, 6.07) is 9.78. The maximum atomic E-state index is 9.38. The molecule has 0 aliphatic carbocycles. The highest BCUT2D eigenvalue weighted by Gasteiger charge is 2.25. The summed E-state index contributed by atoms with van der Waals surface area (Å²) in [5.74, 6) is 1.41. The Morgan fingerprint density at radius 3 is 2.62 bits per heavy atom. The highest BCUT2D eigenvalue weighted by atomic mass is 16.4. The first-order valence-corrected chi connectivity index (χ1v) is 8.64. The van der Waals surface area contributed by atoms with Crippen LogP contribution in [-0.2, 0) is 6.42 Å². The predicted octanol–water partition coefficient (Wildman–Crippen LogP) is 2.57. The number of pyridine rings is 1. The van der Waals surface area contributed by atoms with Gasteiger partial charge in [0.2, 0.25) is 11.6 Å². The summed E-state index contributed by atoms with van der Waals surface area (Å²) in [6.07, 6.45) is 6.23. The van der Waals surface area contributed by atoms with Crippen LogP contribution in [0.4, 0.5) is 5.88 Å². The van der Waals surface area contributed by atoms with E-state index in [0.717, 1.165) is 39.1 Å². The summed E-state index contributed by atoms with van der Waals surface area (Å²) >= 11 is 0. The maximum absolute atomic E-state index is 9.38. The SMILES string of the molecule is N#Cc1nc(-c2ccco2)oc1N1CCN(CCc2ccncc2)CC1. The molecule has 0 bridgehead atoms. The lowest BCUT2D eigenvalue weighted by atomic mass is 10.2. The molecule has 4 heterocycles. The zero-order chi connectivity index (χ0) is 17.8. The van der Waals surface area contributed by atoms with Crippen molar-refractivity contribution in [2.75, 3.05) is 37.6 Å². The van der Waals surface area contributed by atoms with Crippen molar-refractivity contribution in [1.29, 1.82) is 5.26 Å². The van der Waals surface area contributed by atoms with Gasteiger partial charge >= 0.3 is 0 Å². The van der Waals surface area contributed by atoms with Gasteiger partial charge in [0.25, 0.3) is 5.89 Å². The molecule has 4 rings (SSSR count). The summed E-state index contributed by atoms with van der Waals surface area (Å²) < 4.78 is 11.1. The number of hydrogen-bond donors (Lipinski definition) is 0. The van der Waals surface area contributed by atoms with Crippen molar-refractivity contribution in [1.82, 2.24) is 14.9 Å². The lowest BCUT2D eigenvalue weighted by Crippen LogP contribution is -2.47. The van der Waals surface area contributed by atoms with Crippen molar-refractivity contribution in [2.24, 2.45) is 0 Å². The molecule has 1 aliphatic rings. The molecule has 0 spiro atoms. The van der Waals surface area contributed by atoms with Gasteiger partial charge in [-0.25, -0.2) is 0 Å². The van der Waals surface area contributed by atoms with Crippen LogP contribution in [0.3, 0.4) is 0 Å². The van der Waals surface area contributed by atoms with Gasteiger partial charge in [-0.15, -0.1) is 0 Å². The van der Waals surface area contributed by atoms with E-state index in [9.17, 15) is 5.26 Å². The van der Waals surface area contributed by atoms with Gasteiger partial charge in [-0.05, 0) is 36.2 Å². The van der Waals surface area contributed by atoms with Crippen LogP contribution in [0, 0.1) is 11.3 Å². The molecule has 0 radical (unpaired) electrons. The molecule has 3 aromatic rings. The van der Waals surface area contributed by atoms with Crippen molar-refractivity contribution in [3.05, 3.63) is 54.2 Å². The Kier molecular flexibility index (Phi) is 4.67. The Bertz CT molecular complexity index is 875. The van der Waals surface area contributed by atoms with Crippen LogP contribution < -0.4 is 4.90 Å². The fraction of sp³-hybridized carbons (Fsp3) is 0.316. The molecule has 132 valence electrons. The number of piperazine rings is 1. The number of anilines is 1. The molecule has 0 unspecified atom stereocenters. The van der Waals surface area contributed by atoms with Gasteiger partial charge in [0.15, 0.2) is 5.76 Å². The van der Waals surface area contributed by atoms with Gasteiger partial charge in [0, 0.05) is 45.1 Å². The molecule has 7 heteroatoms. The van der Waals surface area contributed by atoms with Crippen LogP contribution in [0.5, 0.6) is 0 Å². The van der Waals surface area contributed by atoms with Crippen molar-refractivity contribution in [2.45, 2.75) is 6.42 Å². The minimum Gasteiger partial charge on any atom is -0.459 e. The minimum absolute atomic E-state index is 0.307. The van der Waals surface area contributed by atoms with Gasteiger partial charge < -0.3 is 13.7 Å². The number of hydrogen-bond acceptors (Lipinski definition) is 7. The van der Waals surface area contributed by atoms with Gasteiger partial charge in [-0.3, -0.25) is 9.88 Å². The summed E-state index contributed by atoms with van der Waals surface area (Å²) in [5, 5.41) is 9.38. The molecule has 26 heavy (non-hydrogen) atoms. The lowest BCUT2D eigenvalue weighted by Gasteiger charge is -2.34. The average Bonchev–Trinajstić information content (AvgIpc) is 3.37. The van der Waals surface area contributed by atoms with Crippen LogP contribution in [0.25, 0.3) is 11.7 Å². The van der Waals surface area contributed by atoms with E-state index in [2.05, 4.69) is 38.0 Å². The highest BCUT2D eigenvalue weighted by Crippen LogP contribution is 2.29. The third-order valence-corrected chi connectivity index (χ3v) is 4.57. The number of furan rings is 1. The molecule has 0 saturated carbocycles. The predicted molar refractivity (Wildman–Crippen MR) is 95.5 cm³/mol. The molecular weight excluding hydrogens is 330 g/mol. The lowest BCUT2D eigenvalue weighted by molar-refractivity contribution is 0.257. The fourth-order valence-electron chi connectivity index (χ4n) is 3.12. The largest absolute Gasteiger partial charge is 0.459 e. The third-order valence-electron chi connectivity index (χ3n) is 4.57. The normalized spacial score (nSPS) is 15.1. The molecule has 0 aromatic carbocycles. The van der Waals surface area contributed by atoms with Crippen LogP contribution in [-0.4, -0.2) is 47.6 Å². The molecule has 1 saturated heterocycles. The van der Waals surface area contributed by atoms with Crippen molar-refractivity contribution < 1.29 is 8.83 Å². The van der Waals surface area contributed by atoms with E-state index in [0.29, 0.717) is 23.2 Å². The number of aromatic nitrogens is 2. The van der Waals surface area contributed by atoms with Gasteiger partial charge in [0.1, 0.15) is 6.07 Å². The summed E-state index contributed by atoms with van der Waals surface area (Å²) in [7, 11) is 0. The third kappa shape index (κ3) is 3.46. The maximum Gasteiger partial charge on any atom is 0.266 e. The molecule has 1 fully saturated rings. The number of rotatable bonds is 5. The topological polar surface area (TPSA) is 82.3 Å². The molecular formula is C19H19N5O2. The fourth-order valence-corrected chi connectivity index (χ4v) is 3.12.